The van der Waals surface area contributed by atoms with Gasteiger partial charge in [-0.2, -0.15) is 11.8 Å². The molecule has 5 unspecified atom stereocenters. The van der Waals surface area contributed by atoms with Crippen LogP contribution in [0.1, 0.15) is 96.6 Å². The van der Waals surface area contributed by atoms with Gasteiger partial charge >= 0.3 is 0 Å². The Bertz CT molecular complexity index is 2700. The zero-order valence-corrected chi connectivity index (χ0v) is 49.4. The zero-order chi connectivity index (χ0) is 61.8. The molecule has 0 aliphatic carbocycles. The molecule has 466 valence electrons. The second kappa shape index (κ2) is 33.2. The van der Waals surface area contributed by atoms with Gasteiger partial charge in [0.15, 0.2) is 6.04 Å². The number of hydrogen-bond donors (Lipinski definition) is 14. The molecule has 3 aliphatic heterocycles. The molecule has 1 aromatic heterocycles. The summed E-state index contributed by atoms with van der Waals surface area (Å²) in [6.07, 6.45) is 3.13. The summed E-state index contributed by atoms with van der Waals surface area (Å²) in [6, 6.07) is -5.70. The van der Waals surface area contributed by atoms with E-state index in [1.165, 1.54) is 35.9 Å². The number of benzene rings is 1. The Morgan fingerprint density at radius 1 is 0.964 bits per heavy atom. The summed E-state index contributed by atoms with van der Waals surface area (Å²) in [6.45, 7) is 5.21. The largest absolute Gasteiger partial charge is 0.610 e. The first-order valence-electron chi connectivity index (χ1n) is 28.2. The molecule has 3 aliphatic rings. The number of aliphatic hydroxyl groups is 3. The van der Waals surface area contributed by atoms with Gasteiger partial charge in [-0.15, -0.1) is 0 Å². The smallest absolute Gasteiger partial charge is 0.269 e. The molecule has 0 bridgehead atoms. The highest BCUT2D eigenvalue weighted by molar-refractivity contribution is 7.98. The van der Waals surface area contributed by atoms with Crippen LogP contribution in [0.4, 0.5) is 0 Å². The van der Waals surface area contributed by atoms with Crippen molar-refractivity contribution in [3.63, 3.8) is 0 Å². The third kappa shape index (κ3) is 19.5. The number of H-pyrrole nitrogens is 1. The minimum absolute atomic E-state index is 0.0108. The molecular weight excluding hydrogens is 1140 g/mol. The maximum absolute atomic E-state index is 15.1. The fraction of sp³-hybridized carbons (Fsp3) is 0.630. The molecule has 1 saturated heterocycles. The molecule has 28 nitrogen and oxygen atoms in total. The molecule has 1 fully saturated rings. The van der Waals surface area contributed by atoms with E-state index in [1.807, 2.05) is 0 Å². The van der Waals surface area contributed by atoms with Crippen LogP contribution in [-0.4, -0.2) is 205 Å². The number of phenols is 1. The molecular formula is C54H82N12O16S2. The number of nitrogens with zero attached hydrogens (tertiary/aromatic N) is 2. The Morgan fingerprint density at radius 2 is 1.71 bits per heavy atom. The number of aromatic nitrogens is 1. The van der Waals surface area contributed by atoms with E-state index in [2.05, 4.69) is 42.2 Å². The zero-order valence-electron chi connectivity index (χ0n) is 47.8. The van der Waals surface area contributed by atoms with Gasteiger partial charge in [0.05, 0.1) is 50.4 Å². The van der Waals surface area contributed by atoms with Crippen molar-refractivity contribution >= 4 is 92.9 Å². The summed E-state index contributed by atoms with van der Waals surface area (Å²) in [5.41, 5.74) is 12.1. The van der Waals surface area contributed by atoms with E-state index in [0.717, 1.165) is 11.3 Å². The summed E-state index contributed by atoms with van der Waals surface area (Å²) in [7, 11) is 0. The van der Waals surface area contributed by atoms with Gasteiger partial charge in [0, 0.05) is 84.0 Å². The van der Waals surface area contributed by atoms with Gasteiger partial charge in [-0.25, -0.2) is 5.06 Å². The van der Waals surface area contributed by atoms with Crippen LogP contribution in [0.2, 0.25) is 0 Å². The highest BCUT2D eigenvalue weighted by atomic mass is 32.2. The predicted molar refractivity (Wildman–Crippen MR) is 308 cm³/mol. The number of nitrogens with one attached hydrogen (secondary N) is 8. The summed E-state index contributed by atoms with van der Waals surface area (Å²) in [5.74, 6) is -9.41. The van der Waals surface area contributed by atoms with Crippen molar-refractivity contribution in [1.82, 2.24) is 52.2 Å². The Kier molecular flexibility index (Phi) is 27.0. The van der Waals surface area contributed by atoms with Crippen LogP contribution < -0.4 is 48.7 Å². The van der Waals surface area contributed by atoms with Crippen molar-refractivity contribution in [3.05, 3.63) is 35.4 Å². The standard InChI is InChI=1S/C54H82N12O16S2/c1-5-29(2)46(62-43(73)23-55)51(78)58-24-44(74)60-37-28-84(81)53-34(33-14-15-39(69)35(48(33)64-53)27-83-19-10-8-16-57-42(72)12-7-6-9-17-66-45(75)13-11-18-82-66)20-30(3)59-52(79)47(31(4)40(70)26-67)63-50(77)38-21-32(68)25-65(38)54(80)36(22-41(56)71)61-49(37)76/h11,13-15,29-32,36-38,40,46-47,64,67-70H,5-10,12,16-28,55H2,1-4H3,(H2,56,71)(H,57,72)(H,58,78)(H,59,79)(H,60,74)(H,61,76)(H,62,73)(H,63,77)/t29-,30+,31-,32+,36?,37-,38?,40?,46-,47?,84?/m0/s1. The van der Waals surface area contributed by atoms with Crippen LogP contribution in [0.5, 0.6) is 5.75 Å². The van der Waals surface area contributed by atoms with Crippen LogP contribution in [0.25, 0.3) is 10.9 Å². The van der Waals surface area contributed by atoms with E-state index in [9.17, 15) is 68.4 Å². The van der Waals surface area contributed by atoms with E-state index in [1.54, 1.807) is 32.9 Å². The lowest BCUT2D eigenvalue weighted by Crippen LogP contribution is -2.61. The summed E-state index contributed by atoms with van der Waals surface area (Å²) in [4.78, 5) is 143. The second-order valence-electron chi connectivity index (χ2n) is 21.3. The van der Waals surface area contributed by atoms with Crippen LogP contribution in [-0.2, 0) is 76.1 Å². The number of hydroxylamine groups is 2. The number of carbonyl (C=O) groups is 10. The lowest BCUT2D eigenvalue weighted by atomic mass is 9.94. The van der Waals surface area contributed by atoms with Crippen molar-refractivity contribution in [2.75, 3.05) is 57.4 Å². The SMILES string of the molecule is CC[C@H](C)[C@H](NC(=O)CN)C(=O)NCC(=O)N[C@H]1C[S+]([O-])c2[nH]c3c(CSCCCCNC(=O)CCCCCN4OCC=CC4=O)c(O)ccc3c2C[C@@H](C)NC(=O)C([C@@H](C)C(O)CO)NC(=O)C2C[C@@H](O)CN2C(=O)C(CC(N)=O)NC1=O. The summed E-state index contributed by atoms with van der Waals surface area (Å²) < 4.78 is 15.1. The lowest BCUT2D eigenvalue weighted by molar-refractivity contribution is -0.180. The molecule has 2 aromatic rings. The van der Waals surface area contributed by atoms with Crippen LogP contribution in [0.3, 0.4) is 0 Å². The van der Waals surface area contributed by atoms with E-state index >= 15 is 4.55 Å². The number of nitrogens with two attached hydrogens (primary N) is 2. The Labute approximate surface area is 494 Å². The first-order chi connectivity index (χ1) is 40.0. The number of rotatable bonds is 26. The Balaban J connectivity index is 1.44. The highest BCUT2D eigenvalue weighted by Crippen LogP contribution is 2.36. The van der Waals surface area contributed by atoms with Crippen molar-refractivity contribution in [2.24, 2.45) is 23.3 Å². The Hall–Kier alpha value is -6.54. The number of primary amides is 1. The molecule has 11 atom stereocenters. The Morgan fingerprint density at radius 3 is 2.40 bits per heavy atom. The third-order valence-corrected chi connectivity index (χ3v) is 17.3. The predicted octanol–water partition coefficient (Wildman–Crippen LogP) is -3.05. The molecule has 0 saturated carbocycles. The van der Waals surface area contributed by atoms with E-state index in [4.69, 9.17) is 16.3 Å². The minimum atomic E-state index is -2.33. The van der Waals surface area contributed by atoms with Gasteiger partial charge in [-0.3, -0.25) is 52.8 Å². The van der Waals surface area contributed by atoms with Crippen LogP contribution >= 0.6 is 11.8 Å². The minimum Gasteiger partial charge on any atom is -0.610 e. The van der Waals surface area contributed by atoms with Gasteiger partial charge in [-0.05, 0) is 62.8 Å². The number of carbonyl (C=O) groups excluding carboxylic acids is 10. The molecule has 1 aromatic carbocycles. The number of aliphatic hydroxyl groups excluding tert-OH is 3. The lowest BCUT2D eigenvalue weighted by Gasteiger charge is -2.32. The van der Waals surface area contributed by atoms with Crippen molar-refractivity contribution in [1.29, 1.82) is 0 Å². The number of aromatic amines is 1. The first kappa shape index (κ1) is 68.2. The fourth-order valence-electron chi connectivity index (χ4n) is 9.84. The normalized spacial score (nSPS) is 23.2. The number of aromatic hydroxyl groups is 1. The van der Waals surface area contributed by atoms with E-state index in [-0.39, 0.29) is 41.2 Å². The van der Waals surface area contributed by atoms with Gasteiger partial charge in [0.25, 0.3) is 5.91 Å². The van der Waals surface area contributed by atoms with Gasteiger partial charge in [0.1, 0.15) is 35.7 Å². The fourth-order valence-corrected chi connectivity index (χ4v) is 12.3. The molecule has 10 amide bonds. The van der Waals surface area contributed by atoms with Crippen molar-refractivity contribution in [2.45, 2.75) is 151 Å². The number of unbranched alkanes of at least 4 members (excludes halogenated alkanes) is 3. The molecule has 30 heteroatoms. The van der Waals surface area contributed by atoms with E-state index in [0.29, 0.717) is 86.0 Å². The highest BCUT2D eigenvalue weighted by Gasteiger charge is 2.45. The van der Waals surface area contributed by atoms with Gasteiger partial charge in [0.2, 0.25) is 58.2 Å². The van der Waals surface area contributed by atoms with Crippen molar-refractivity contribution in [3.8, 4) is 5.75 Å². The third-order valence-electron chi connectivity index (χ3n) is 14.8. The number of amides is 10. The topological polar surface area (TPSA) is 442 Å². The number of fused-ring (bicyclic) bond motifs is 4. The average molecular weight is 1220 g/mol. The molecule has 4 heterocycles. The van der Waals surface area contributed by atoms with E-state index < -0.39 is 157 Å². The number of thioether (sulfide) groups is 1. The summed E-state index contributed by atoms with van der Waals surface area (Å²) in [5, 5.41) is 62.7. The monoisotopic (exact) mass is 1220 g/mol. The molecule has 5 rings (SSSR count). The second-order valence-corrected chi connectivity index (χ2v) is 23.8. The quantitative estimate of drug-likeness (QED) is 0.0329. The molecule has 0 spiro atoms. The van der Waals surface area contributed by atoms with Gasteiger partial charge in [-0.1, -0.05) is 39.7 Å². The van der Waals surface area contributed by atoms with Crippen LogP contribution in [0, 0.1) is 11.8 Å². The van der Waals surface area contributed by atoms with Gasteiger partial charge < -0.3 is 83.5 Å². The summed E-state index contributed by atoms with van der Waals surface area (Å²) >= 11 is -0.863. The molecule has 0 radical (unpaired) electrons. The number of hydrogen-bond acceptors (Lipinski definition) is 18. The average Bonchev–Trinajstić information content (AvgIpc) is 2.79. The maximum atomic E-state index is 15.1. The molecule has 16 N–H and O–H groups in total. The van der Waals surface area contributed by atoms with Crippen molar-refractivity contribution < 1.29 is 77.8 Å². The molecule has 84 heavy (non-hydrogen) atoms. The first-order valence-corrected chi connectivity index (χ1v) is 30.7. The van der Waals surface area contributed by atoms with Crippen LogP contribution in [0.15, 0.2) is 29.3 Å². The maximum Gasteiger partial charge on any atom is 0.269 e. The number of phenolic OH excluding ortho intramolecular Hbond substituents is 1.